The molecule has 0 heterocycles. The van der Waals surface area contributed by atoms with Crippen LogP contribution in [0.2, 0.25) is 0 Å². The average Bonchev–Trinajstić information content (AvgIpc) is 3.35. The molecule has 246 valence electrons. The summed E-state index contributed by atoms with van der Waals surface area (Å²) in [6, 6.07) is 0. The van der Waals surface area contributed by atoms with Crippen LogP contribution in [0.4, 0.5) is 0 Å². The first-order chi connectivity index (χ1) is 20.9. The van der Waals surface area contributed by atoms with Crippen molar-refractivity contribution in [1.82, 2.24) is 0 Å². The number of carbonyl (C=O) groups excluding carboxylic acids is 3. The number of esters is 2. The summed E-state index contributed by atoms with van der Waals surface area (Å²) >= 11 is 0. The van der Waals surface area contributed by atoms with Gasteiger partial charge in [-0.15, -0.1) is 0 Å². The van der Waals surface area contributed by atoms with E-state index in [1.54, 1.807) is 12.2 Å². The smallest absolute Gasteiger partial charge is 0.306 e. The van der Waals surface area contributed by atoms with Gasteiger partial charge in [0.15, 0.2) is 11.9 Å². The first-order valence-electron chi connectivity index (χ1n) is 17.1. The lowest BCUT2D eigenvalue weighted by atomic mass is 9.90. The Morgan fingerprint density at radius 3 is 2.16 bits per heavy atom. The highest BCUT2D eigenvalue weighted by Crippen LogP contribution is 2.27. The minimum Gasteiger partial charge on any atom is -0.462 e. The summed E-state index contributed by atoms with van der Waals surface area (Å²) in [5.41, 5.74) is 0. The van der Waals surface area contributed by atoms with E-state index in [1.807, 2.05) is 24.3 Å². The Kier molecular flexibility index (Phi) is 23.6. The molecule has 1 aliphatic carbocycles. The van der Waals surface area contributed by atoms with Crippen LogP contribution < -0.4 is 0 Å². The summed E-state index contributed by atoms with van der Waals surface area (Å²) in [6.07, 6.45) is 28.2. The van der Waals surface area contributed by atoms with E-state index in [-0.39, 0.29) is 36.6 Å². The largest absolute Gasteiger partial charge is 0.462 e. The van der Waals surface area contributed by atoms with Crippen LogP contribution in [0.1, 0.15) is 136 Å². The predicted octanol–water partition coefficient (Wildman–Crippen LogP) is 7.73. The van der Waals surface area contributed by atoms with Crippen molar-refractivity contribution in [1.29, 1.82) is 0 Å². The first-order valence-corrected chi connectivity index (χ1v) is 17.1. The third-order valence-electron chi connectivity index (χ3n) is 7.93. The van der Waals surface area contributed by atoms with Gasteiger partial charge < -0.3 is 19.7 Å². The van der Waals surface area contributed by atoms with Crippen molar-refractivity contribution in [3.63, 3.8) is 0 Å². The maximum atomic E-state index is 12.2. The van der Waals surface area contributed by atoms with Crippen LogP contribution in [-0.2, 0) is 23.9 Å². The predicted molar refractivity (Wildman–Crippen MR) is 172 cm³/mol. The number of ether oxygens (including phenoxy) is 2. The number of ketones is 1. The lowest BCUT2D eigenvalue weighted by Gasteiger charge is -2.15. The second kappa shape index (κ2) is 26.2. The molecule has 1 rings (SSSR count). The molecule has 0 aromatic heterocycles. The molecule has 7 nitrogen and oxygen atoms in total. The Bertz CT molecular complexity index is 831. The molecule has 0 unspecified atom stereocenters. The van der Waals surface area contributed by atoms with Gasteiger partial charge in [-0.3, -0.25) is 14.4 Å². The molecular weight excluding hydrogens is 544 g/mol. The first kappa shape index (κ1) is 38.8. The van der Waals surface area contributed by atoms with Gasteiger partial charge in [-0.2, -0.15) is 0 Å². The number of hydrogen-bond donors (Lipinski definition) is 2. The number of rotatable bonds is 27. The molecule has 0 spiro atoms. The van der Waals surface area contributed by atoms with Gasteiger partial charge in [-0.1, -0.05) is 121 Å². The monoisotopic (exact) mass is 604 g/mol. The molecule has 43 heavy (non-hydrogen) atoms. The van der Waals surface area contributed by atoms with Gasteiger partial charge >= 0.3 is 11.9 Å². The zero-order valence-corrected chi connectivity index (χ0v) is 27.1. The molecule has 0 saturated heterocycles. The Morgan fingerprint density at radius 2 is 1.49 bits per heavy atom. The molecule has 0 radical (unpaired) electrons. The highest BCUT2D eigenvalue weighted by Gasteiger charge is 2.27. The van der Waals surface area contributed by atoms with Crippen LogP contribution in [0, 0.1) is 11.8 Å². The van der Waals surface area contributed by atoms with E-state index >= 15 is 0 Å². The van der Waals surface area contributed by atoms with Crippen molar-refractivity contribution in [3.8, 4) is 0 Å². The van der Waals surface area contributed by atoms with Gasteiger partial charge in [0, 0.05) is 18.8 Å². The SMILES string of the molecule is CCCCCCCCCCCCC(=O)OC[C@H](CO)OC(=O)CCC/C=C\C[C@H]1C=CC(=O)[C@@H]1/C=C/[C@@H](O)CCCCC. The van der Waals surface area contributed by atoms with Crippen LogP contribution in [0.3, 0.4) is 0 Å². The zero-order chi connectivity index (χ0) is 31.5. The summed E-state index contributed by atoms with van der Waals surface area (Å²) in [5, 5.41) is 19.7. The molecule has 0 amide bonds. The van der Waals surface area contributed by atoms with Crippen LogP contribution >= 0.6 is 0 Å². The number of hydrogen-bond acceptors (Lipinski definition) is 7. The van der Waals surface area contributed by atoms with Gasteiger partial charge in [0.1, 0.15) is 6.61 Å². The number of allylic oxidation sites excluding steroid dienone is 5. The molecular formula is C36H60O7. The standard InChI is InChI=1S/C36H60O7/c1-3-5-7-8-9-10-11-12-13-18-22-35(40)42-29-32(28-37)43-36(41)23-19-15-14-17-20-30-24-27-34(39)33(30)26-25-31(38)21-16-6-4-2/h14,17,24-27,30-33,37-38H,3-13,15-16,18-23,28-29H2,1-2H3/b17-14-,26-25+/t30-,31-,32-,33+/m0/s1. The second-order valence-corrected chi connectivity index (χ2v) is 11.9. The fraction of sp³-hybridized carbons (Fsp3) is 0.750. The van der Waals surface area contributed by atoms with E-state index in [4.69, 9.17) is 9.47 Å². The number of aliphatic hydroxyl groups excluding tert-OH is 2. The lowest BCUT2D eigenvalue weighted by molar-refractivity contribution is -0.161. The Hall–Kier alpha value is -2.25. The number of carbonyl (C=O) groups is 3. The number of unbranched alkanes of at least 4 members (excludes halogenated alkanes) is 12. The van der Waals surface area contributed by atoms with E-state index in [1.165, 1.54) is 44.9 Å². The van der Waals surface area contributed by atoms with Gasteiger partial charge in [0.2, 0.25) is 0 Å². The zero-order valence-electron chi connectivity index (χ0n) is 27.1. The van der Waals surface area contributed by atoms with Crippen molar-refractivity contribution in [3.05, 3.63) is 36.5 Å². The van der Waals surface area contributed by atoms with Gasteiger partial charge in [0.05, 0.1) is 12.7 Å². The minimum absolute atomic E-state index is 0.0704. The van der Waals surface area contributed by atoms with Crippen molar-refractivity contribution in [2.45, 2.75) is 148 Å². The molecule has 0 aliphatic heterocycles. The highest BCUT2D eigenvalue weighted by molar-refractivity contribution is 5.95. The summed E-state index contributed by atoms with van der Waals surface area (Å²) in [7, 11) is 0. The molecule has 0 aromatic carbocycles. The van der Waals surface area contributed by atoms with Crippen molar-refractivity contribution in [2.75, 3.05) is 13.2 Å². The van der Waals surface area contributed by atoms with Crippen molar-refractivity contribution >= 4 is 17.7 Å². The molecule has 2 N–H and O–H groups in total. The van der Waals surface area contributed by atoms with Crippen LogP contribution in [0.25, 0.3) is 0 Å². The summed E-state index contributed by atoms with van der Waals surface area (Å²) in [4.78, 5) is 36.4. The van der Waals surface area contributed by atoms with Gasteiger partial charge in [0.25, 0.3) is 0 Å². The second-order valence-electron chi connectivity index (χ2n) is 11.9. The van der Waals surface area contributed by atoms with E-state index in [2.05, 4.69) is 13.8 Å². The Labute approximate surface area is 261 Å². The maximum Gasteiger partial charge on any atom is 0.306 e. The molecule has 4 atom stereocenters. The van der Waals surface area contributed by atoms with Crippen molar-refractivity contribution < 1.29 is 34.1 Å². The molecule has 7 heteroatoms. The van der Waals surface area contributed by atoms with E-state index in [9.17, 15) is 24.6 Å². The molecule has 0 fully saturated rings. The Balaban J connectivity index is 2.16. The third kappa shape index (κ3) is 20.4. The van der Waals surface area contributed by atoms with Crippen LogP contribution in [-0.4, -0.2) is 53.4 Å². The number of aliphatic hydroxyl groups is 2. The lowest BCUT2D eigenvalue weighted by Crippen LogP contribution is -2.28. The molecule has 0 bridgehead atoms. The third-order valence-corrected chi connectivity index (χ3v) is 7.93. The minimum atomic E-state index is -0.846. The average molecular weight is 605 g/mol. The van der Waals surface area contributed by atoms with Crippen molar-refractivity contribution in [2.24, 2.45) is 11.8 Å². The highest BCUT2D eigenvalue weighted by atomic mass is 16.6. The van der Waals surface area contributed by atoms with Gasteiger partial charge in [-0.25, -0.2) is 0 Å². The molecule has 0 aromatic rings. The maximum absolute atomic E-state index is 12.2. The Morgan fingerprint density at radius 1 is 0.860 bits per heavy atom. The molecule has 0 saturated carbocycles. The normalized spacial score (nSPS) is 18.1. The summed E-state index contributed by atoms with van der Waals surface area (Å²) in [6.45, 7) is 3.83. The summed E-state index contributed by atoms with van der Waals surface area (Å²) < 4.78 is 10.5. The fourth-order valence-electron chi connectivity index (χ4n) is 5.19. The van der Waals surface area contributed by atoms with E-state index in [0.29, 0.717) is 25.7 Å². The fourth-order valence-corrected chi connectivity index (χ4v) is 5.19. The van der Waals surface area contributed by atoms with E-state index < -0.39 is 24.8 Å². The quantitative estimate of drug-likeness (QED) is 0.0561. The van der Waals surface area contributed by atoms with E-state index in [0.717, 1.165) is 44.9 Å². The van der Waals surface area contributed by atoms with Crippen LogP contribution in [0.5, 0.6) is 0 Å². The summed E-state index contributed by atoms with van der Waals surface area (Å²) in [5.74, 6) is -0.837. The topological polar surface area (TPSA) is 110 Å². The van der Waals surface area contributed by atoms with Crippen LogP contribution in [0.15, 0.2) is 36.5 Å². The van der Waals surface area contributed by atoms with Gasteiger partial charge in [-0.05, 0) is 44.1 Å². The molecule has 1 aliphatic rings.